The summed E-state index contributed by atoms with van der Waals surface area (Å²) in [6.45, 7) is 3.14. The molecule has 4 aromatic rings. The van der Waals surface area contributed by atoms with Crippen molar-refractivity contribution in [2.24, 2.45) is 7.05 Å². The molecule has 0 radical (unpaired) electrons. The SMILES string of the molecule is COCCOc1ccccc1-c1c(C)sc2cnc(Nc3cnn(C)c3)nc12. The van der Waals surface area contributed by atoms with E-state index >= 15 is 0 Å². The number of aryl methyl sites for hydroxylation is 2. The summed E-state index contributed by atoms with van der Waals surface area (Å²) in [6.07, 6.45) is 5.48. The molecule has 0 saturated heterocycles. The van der Waals surface area contributed by atoms with Gasteiger partial charge in [-0.1, -0.05) is 18.2 Å². The molecule has 144 valence electrons. The molecule has 1 N–H and O–H groups in total. The summed E-state index contributed by atoms with van der Waals surface area (Å²) in [5, 5.41) is 7.38. The zero-order valence-electron chi connectivity index (χ0n) is 16.0. The van der Waals surface area contributed by atoms with Gasteiger partial charge in [0.2, 0.25) is 5.95 Å². The van der Waals surface area contributed by atoms with Crippen molar-refractivity contribution in [3.63, 3.8) is 0 Å². The van der Waals surface area contributed by atoms with Gasteiger partial charge in [0.15, 0.2) is 0 Å². The number of nitrogens with one attached hydrogen (secondary N) is 1. The molecule has 7 nitrogen and oxygen atoms in total. The molecule has 0 bridgehead atoms. The minimum Gasteiger partial charge on any atom is -0.491 e. The van der Waals surface area contributed by atoms with Crippen LogP contribution in [0.4, 0.5) is 11.6 Å². The molecule has 0 amide bonds. The lowest BCUT2D eigenvalue weighted by Crippen LogP contribution is -2.05. The standard InChI is InChI=1S/C20H21N5O2S/c1-13-18(15-6-4-5-7-16(15)27-9-8-26-3)19-17(28-13)11-21-20(24-19)23-14-10-22-25(2)12-14/h4-7,10-12H,8-9H2,1-3H3,(H,21,23,24). The van der Waals surface area contributed by atoms with Crippen molar-refractivity contribution in [1.29, 1.82) is 0 Å². The third-order valence-electron chi connectivity index (χ3n) is 4.27. The fraction of sp³-hybridized carbons (Fsp3) is 0.250. The van der Waals surface area contributed by atoms with Gasteiger partial charge in [0, 0.05) is 36.4 Å². The number of methoxy groups -OCH3 is 1. The van der Waals surface area contributed by atoms with Crippen molar-refractivity contribution in [3.05, 3.63) is 47.7 Å². The molecule has 0 aliphatic carbocycles. The first-order valence-corrected chi connectivity index (χ1v) is 9.70. The van der Waals surface area contributed by atoms with Gasteiger partial charge in [0.1, 0.15) is 12.4 Å². The number of hydrogen-bond donors (Lipinski definition) is 1. The van der Waals surface area contributed by atoms with Crippen molar-refractivity contribution < 1.29 is 9.47 Å². The summed E-state index contributed by atoms with van der Waals surface area (Å²) in [7, 11) is 3.54. The number of benzene rings is 1. The number of anilines is 2. The monoisotopic (exact) mass is 395 g/mol. The summed E-state index contributed by atoms with van der Waals surface area (Å²) in [5.41, 5.74) is 3.85. The first kappa shape index (κ1) is 18.4. The van der Waals surface area contributed by atoms with E-state index in [2.05, 4.69) is 28.4 Å². The number of fused-ring (bicyclic) bond motifs is 1. The van der Waals surface area contributed by atoms with Crippen LogP contribution in [-0.2, 0) is 11.8 Å². The Morgan fingerprint density at radius 1 is 1.18 bits per heavy atom. The van der Waals surface area contributed by atoms with Gasteiger partial charge in [0.05, 0.1) is 34.9 Å². The van der Waals surface area contributed by atoms with E-state index in [9.17, 15) is 0 Å². The molecule has 8 heteroatoms. The van der Waals surface area contributed by atoms with Crippen LogP contribution in [0.5, 0.6) is 5.75 Å². The Hall–Kier alpha value is -2.97. The lowest BCUT2D eigenvalue weighted by Gasteiger charge is -2.11. The van der Waals surface area contributed by atoms with E-state index in [1.165, 1.54) is 4.88 Å². The van der Waals surface area contributed by atoms with Gasteiger partial charge in [-0.15, -0.1) is 11.3 Å². The average molecular weight is 395 g/mol. The minimum atomic E-state index is 0.497. The van der Waals surface area contributed by atoms with Gasteiger partial charge >= 0.3 is 0 Å². The molecule has 0 atom stereocenters. The van der Waals surface area contributed by atoms with Gasteiger partial charge in [-0.2, -0.15) is 5.10 Å². The lowest BCUT2D eigenvalue weighted by molar-refractivity contribution is 0.146. The van der Waals surface area contributed by atoms with E-state index in [1.807, 2.05) is 37.6 Å². The van der Waals surface area contributed by atoms with Crippen molar-refractivity contribution in [1.82, 2.24) is 19.7 Å². The van der Waals surface area contributed by atoms with Crippen LogP contribution in [0.25, 0.3) is 21.3 Å². The molecule has 0 aliphatic heterocycles. The van der Waals surface area contributed by atoms with Gasteiger partial charge in [0.25, 0.3) is 0 Å². The second-order valence-corrected chi connectivity index (χ2v) is 7.56. The van der Waals surface area contributed by atoms with E-state index in [0.29, 0.717) is 19.2 Å². The van der Waals surface area contributed by atoms with Crippen LogP contribution in [0.3, 0.4) is 0 Å². The summed E-state index contributed by atoms with van der Waals surface area (Å²) in [4.78, 5) is 10.4. The van der Waals surface area contributed by atoms with Crippen LogP contribution in [-0.4, -0.2) is 40.1 Å². The van der Waals surface area contributed by atoms with E-state index in [0.717, 1.165) is 32.8 Å². The highest BCUT2D eigenvalue weighted by Gasteiger charge is 2.17. The largest absolute Gasteiger partial charge is 0.491 e. The fourth-order valence-electron chi connectivity index (χ4n) is 3.03. The van der Waals surface area contributed by atoms with Crippen molar-refractivity contribution in [2.45, 2.75) is 6.92 Å². The third kappa shape index (κ3) is 3.69. The lowest BCUT2D eigenvalue weighted by atomic mass is 10.0. The predicted octanol–water partition coefficient (Wildman–Crippen LogP) is 4.17. The van der Waals surface area contributed by atoms with Gasteiger partial charge in [-0.05, 0) is 13.0 Å². The molecule has 0 unspecified atom stereocenters. The Bertz CT molecular complexity index is 1110. The molecular weight excluding hydrogens is 374 g/mol. The molecule has 0 spiro atoms. The van der Waals surface area contributed by atoms with Gasteiger partial charge in [-0.3, -0.25) is 4.68 Å². The quantitative estimate of drug-likeness (QED) is 0.474. The van der Waals surface area contributed by atoms with E-state index in [1.54, 1.807) is 29.3 Å². The molecule has 0 saturated carbocycles. The van der Waals surface area contributed by atoms with Gasteiger partial charge in [-0.25, -0.2) is 9.97 Å². The Kier molecular flexibility index (Phi) is 5.23. The maximum atomic E-state index is 5.94. The fourth-order valence-corrected chi connectivity index (χ4v) is 4.02. The molecule has 0 aliphatic rings. The maximum Gasteiger partial charge on any atom is 0.227 e. The highest BCUT2D eigenvalue weighted by molar-refractivity contribution is 7.19. The molecule has 1 aromatic carbocycles. The molecule has 3 heterocycles. The van der Waals surface area contributed by atoms with Gasteiger partial charge < -0.3 is 14.8 Å². The number of hydrogen-bond acceptors (Lipinski definition) is 7. The van der Waals surface area contributed by atoms with Crippen LogP contribution in [0, 0.1) is 6.92 Å². The Morgan fingerprint density at radius 3 is 2.82 bits per heavy atom. The summed E-state index contributed by atoms with van der Waals surface area (Å²) in [5.74, 6) is 1.36. The summed E-state index contributed by atoms with van der Waals surface area (Å²) >= 11 is 1.68. The van der Waals surface area contributed by atoms with Crippen LogP contribution >= 0.6 is 11.3 Å². The number of nitrogens with zero attached hydrogens (tertiary/aromatic N) is 4. The van der Waals surface area contributed by atoms with Crippen LogP contribution in [0.1, 0.15) is 4.88 Å². The molecule has 4 rings (SSSR count). The Morgan fingerprint density at radius 2 is 2.04 bits per heavy atom. The average Bonchev–Trinajstić information content (AvgIpc) is 3.24. The maximum absolute atomic E-state index is 5.94. The second-order valence-electron chi connectivity index (χ2n) is 6.30. The smallest absolute Gasteiger partial charge is 0.227 e. The van der Waals surface area contributed by atoms with E-state index in [-0.39, 0.29) is 0 Å². The molecular formula is C20H21N5O2S. The minimum absolute atomic E-state index is 0.497. The zero-order valence-corrected chi connectivity index (χ0v) is 16.8. The van der Waals surface area contributed by atoms with Crippen LogP contribution in [0.15, 0.2) is 42.9 Å². The second kappa shape index (κ2) is 7.95. The summed E-state index contributed by atoms with van der Waals surface area (Å²) in [6, 6.07) is 8.02. The number of para-hydroxylation sites is 1. The molecule has 3 aromatic heterocycles. The molecule has 28 heavy (non-hydrogen) atoms. The zero-order chi connectivity index (χ0) is 19.5. The topological polar surface area (TPSA) is 74.1 Å². The molecule has 0 fully saturated rings. The Balaban J connectivity index is 1.75. The van der Waals surface area contributed by atoms with Crippen molar-refractivity contribution in [3.8, 4) is 16.9 Å². The van der Waals surface area contributed by atoms with Crippen molar-refractivity contribution in [2.75, 3.05) is 25.6 Å². The van der Waals surface area contributed by atoms with E-state index in [4.69, 9.17) is 14.5 Å². The summed E-state index contributed by atoms with van der Waals surface area (Å²) < 4.78 is 13.8. The Labute approximate surface area is 167 Å². The third-order valence-corrected chi connectivity index (χ3v) is 5.30. The normalized spacial score (nSPS) is 11.1. The highest BCUT2D eigenvalue weighted by atomic mass is 32.1. The van der Waals surface area contributed by atoms with E-state index < -0.39 is 0 Å². The first-order chi connectivity index (χ1) is 13.7. The predicted molar refractivity (Wildman–Crippen MR) is 111 cm³/mol. The number of ether oxygens (including phenoxy) is 2. The van der Waals surface area contributed by atoms with Crippen molar-refractivity contribution >= 4 is 33.2 Å². The number of rotatable bonds is 7. The number of thiophene rings is 1. The van der Waals surface area contributed by atoms with Crippen LogP contribution < -0.4 is 10.1 Å². The first-order valence-electron chi connectivity index (χ1n) is 8.88. The van der Waals surface area contributed by atoms with Crippen LogP contribution in [0.2, 0.25) is 0 Å². The highest BCUT2D eigenvalue weighted by Crippen LogP contribution is 2.41. The number of aromatic nitrogens is 4.